The highest BCUT2D eigenvalue weighted by Crippen LogP contribution is 2.18. The second-order valence-corrected chi connectivity index (χ2v) is 6.87. The second-order valence-electron chi connectivity index (χ2n) is 6.87. The lowest BCUT2D eigenvalue weighted by Crippen LogP contribution is -2.33. The van der Waals surface area contributed by atoms with E-state index in [1.807, 2.05) is 60.7 Å². The fraction of sp³-hybridized carbons (Fsp3) is 0.125. The summed E-state index contributed by atoms with van der Waals surface area (Å²) in [5, 5.41) is 5.32. The van der Waals surface area contributed by atoms with Gasteiger partial charge in [0.1, 0.15) is 0 Å². The zero-order valence-electron chi connectivity index (χ0n) is 16.8. The van der Waals surface area contributed by atoms with Crippen molar-refractivity contribution in [3.63, 3.8) is 0 Å². The van der Waals surface area contributed by atoms with Crippen LogP contribution in [0.3, 0.4) is 0 Å². The van der Waals surface area contributed by atoms with E-state index >= 15 is 0 Å². The minimum Gasteiger partial charge on any atom is -0.452 e. The molecule has 0 heterocycles. The average molecular weight is 417 g/mol. The number of rotatable bonds is 8. The molecule has 0 unspecified atom stereocenters. The quantitative estimate of drug-likeness (QED) is 0.488. The van der Waals surface area contributed by atoms with Crippen molar-refractivity contribution in [2.75, 3.05) is 11.9 Å². The summed E-state index contributed by atoms with van der Waals surface area (Å²) in [6, 6.07) is 24.5. The summed E-state index contributed by atoms with van der Waals surface area (Å²) in [6.45, 7) is -0.426. The molecule has 0 bridgehead atoms. The van der Waals surface area contributed by atoms with Crippen LogP contribution < -0.4 is 16.4 Å². The molecule has 158 valence electrons. The summed E-state index contributed by atoms with van der Waals surface area (Å²) < 4.78 is 5.14. The largest absolute Gasteiger partial charge is 0.452 e. The molecule has 0 aliphatic rings. The summed E-state index contributed by atoms with van der Waals surface area (Å²) in [5.41, 5.74) is 7.67. The van der Waals surface area contributed by atoms with Crippen LogP contribution in [0.15, 0.2) is 84.9 Å². The van der Waals surface area contributed by atoms with E-state index in [0.717, 1.165) is 11.1 Å². The molecule has 0 fully saturated rings. The molecule has 0 spiro atoms. The highest BCUT2D eigenvalue weighted by atomic mass is 16.5. The van der Waals surface area contributed by atoms with Crippen LogP contribution in [0, 0.1) is 0 Å². The maximum Gasteiger partial charge on any atom is 0.338 e. The highest BCUT2D eigenvalue weighted by Gasteiger charge is 2.17. The van der Waals surface area contributed by atoms with Crippen LogP contribution in [0.5, 0.6) is 0 Å². The van der Waals surface area contributed by atoms with Crippen molar-refractivity contribution < 1.29 is 19.1 Å². The number of benzene rings is 3. The Hall–Kier alpha value is -4.13. The summed E-state index contributed by atoms with van der Waals surface area (Å²) >= 11 is 0. The standard InChI is InChI=1S/C24H23N3O4/c25-24(30)26-20-13-7-12-19(15-20)23(29)31-16-22(28)27-21(18-10-5-2-6-11-18)14-17-8-3-1-4-9-17/h1-13,15,21H,14,16H2,(H,27,28)(H3,25,26,30)/t21-/m0/s1. The van der Waals surface area contributed by atoms with E-state index in [4.69, 9.17) is 10.5 Å². The molecular weight excluding hydrogens is 394 g/mol. The maximum absolute atomic E-state index is 12.5. The van der Waals surface area contributed by atoms with Gasteiger partial charge in [-0.25, -0.2) is 9.59 Å². The fourth-order valence-electron chi connectivity index (χ4n) is 3.10. The number of ether oxygens (including phenoxy) is 1. The minimum absolute atomic E-state index is 0.197. The van der Waals surface area contributed by atoms with E-state index in [1.165, 1.54) is 12.1 Å². The van der Waals surface area contributed by atoms with Crippen LogP contribution in [0.1, 0.15) is 27.5 Å². The Morgan fingerprint density at radius 1 is 0.871 bits per heavy atom. The van der Waals surface area contributed by atoms with Crippen LogP contribution in [0.25, 0.3) is 0 Å². The van der Waals surface area contributed by atoms with Crippen LogP contribution in [-0.2, 0) is 16.0 Å². The van der Waals surface area contributed by atoms with E-state index in [2.05, 4.69) is 10.6 Å². The molecule has 7 nitrogen and oxygen atoms in total. The van der Waals surface area contributed by atoms with Crippen LogP contribution >= 0.6 is 0 Å². The first-order valence-corrected chi connectivity index (χ1v) is 9.73. The normalized spacial score (nSPS) is 11.2. The molecule has 0 aliphatic heterocycles. The molecule has 0 saturated carbocycles. The number of carbonyl (C=O) groups excluding carboxylic acids is 3. The fourth-order valence-corrected chi connectivity index (χ4v) is 3.10. The van der Waals surface area contributed by atoms with Gasteiger partial charge in [0.25, 0.3) is 5.91 Å². The van der Waals surface area contributed by atoms with Crippen LogP contribution in [0.2, 0.25) is 0 Å². The van der Waals surface area contributed by atoms with Crippen LogP contribution in [0.4, 0.5) is 10.5 Å². The van der Waals surface area contributed by atoms with Crippen molar-refractivity contribution in [3.05, 3.63) is 102 Å². The van der Waals surface area contributed by atoms with Gasteiger partial charge in [0.2, 0.25) is 0 Å². The smallest absolute Gasteiger partial charge is 0.338 e. The maximum atomic E-state index is 12.5. The first kappa shape index (κ1) is 21.6. The summed E-state index contributed by atoms with van der Waals surface area (Å²) in [6.07, 6.45) is 0.603. The molecule has 3 aromatic rings. The van der Waals surface area contributed by atoms with Crippen molar-refractivity contribution in [2.45, 2.75) is 12.5 Å². The molecule has 0 saturated heterocycles. The van der Waals surface area contributed by atoms with Gasteiger partial charge in [0.05, 0.1) is 11.6 Å². The van der Waals surface area contributed by atoms with Gasteiger partial charge in [-0.05, 0) is 35.7 Å². The molecule has 31 heavy (non-hydrogen) atoms. The number of esters is 1. The Morgan fingerprint density at radius 2 is 1.55 bits per heavy atom. The highest BCUT2D eigenvalue weighted by molar-refractivity contribution is 5.94. The van der Waals surface area contributed by atoms with Gasteiger partial charge < -0.3 is 21.1 Å². The summed E-state index contributed by atoms with van der Waals surface area (Å²) in [4.78, 5) is 35.7. The number of urea groups is 1. The third-order valence-electron chi connectivity index (χ3n) is 4.52. The Bertz CT molecular complexity index is 1040. The van der Waals surface area contributed by atoms with E-state index in [-0.39, 0.29) is 11.6 Å². The first-order valence-electron chi connectivity index (χ1n) is 9.73. The number of carbonyl (C=O) groups is 3. The molecule has 4 N–H and O–H groups in total. The Labute approximate surface area is 180 Å². The summed E-state index contributed by atoms with van der Waals surface area (Å²) in [5.74, 6) is -1.09. The van der Waals surface area contributed by atoms with Gasteiger partial charge in [-0.15, -0.1) is 0 Å². The third kappa shape index (κ3) is 6.71. The van der Waals surface area contributed by atoms with E-state index in [1.54, 1.807) is 12.1 Å². The van der Waals surface area contributed by atoms with Gasteiger partial charge in [-0.2, -0.15) is 0 Å². The van der Waals surface area contributed by atoms with Gasteiger partial charge in [0, 0.05) is 5.69 Å². The monoisotopic (exact) mass is 417 g/mol. The molecule has 0 aliphatic carbocycles. The number of anilines is 1. The molecule has 0 aromatic heterocycles. The lowest BCUT2D eigenvalue weighted by molar-refractivity contribution is -0.125. The average Bonchev–Trinajstić information content (AvgIpc) is 2.78. The molecule has 3 amide bonds. The van der Waals surface area contributed by atoms with Crippen molar-refractivity contribution in [1.29, 1.82) is 0 Å². The van der Waals surface area contributed by atoms with Crippen molar-refractivity contribution in [2.24, 2.45) is 5.73 Å². The van der Waals surface area contributed by atoms with E-state index < -0.39 is 24.5 Å². The van der Waals surface area contributed by atoms with E-state index in [0.29, 0.717) is 12.1 Å². The molecule has 3 aromatic carbocycles. The predicted molar refractivity (Wildman–Crippen MR) is 117 cm³/mol. The molecule has 3 rings (SSSR count). The van der Waals surface area contributed by atoms with Gasteiger partial charge in [0.15, 0.2) is 6.61 Å². The molecule has 0 radical (unpaired) electrons. The number of nitrogens with one attached hydrogen (secondary N) is 2. The van der Waals surface area contributed by atoms with Crippen molar-refractivity contribution in [1.82, 2.24) is 5.32 Å². The number of nitrogens with two attached hydrogens (primary N) is 1. The Morgan fingerprint density at radius 3 is 2.23 bits per heavy atom. The third-order valence-corrected chi connectivity index (χ3v) is 4.52. The lowest BCUT2D eigenvalue weighted by Gasteiger charge is -2.19. The number of hydrogen-bond donors (Lipinski definition) is 3. The number of primary amides is 1. The topological polar surface area (TPSA) is 111 Å². The summed E-state index contributed by atoms with van der Waals surface area (Å²) in [7, 11) is 0. The zero-order chi connectivity index (χ0) is 22.1. The Balaban J connectivity index is 1.62. The first-order chi connectivity index (χ1) is 15.0. The molecule has 7 heteroatoms. The predicted octanol–water partition coefficient (Wildman–Crippen LogP) is 3.43. The second kappa shape index (κ2) is 10.6. The van der Waals surface area contributed by atoms with E-state index in [9.17, 15) is 14.4 Å². The SMILES string of the molecule is NC(=O)Nc1cccc(C(=O)OCC(=O)N[C@@H](Cc2ccccc2)c2ccccc2)c1. The zero-order valence-corrected chi connectivity index (χ0v) is 16.8. The molecule has 1 atom stereocenters. The number of amides is 3. The lowest BCUT2D eigenvalue weighted by atomic mass is 9.99. The van der Waals surface area contributed by atoms with Gasteiger partial charge in [-0.3, -0.25) is 4.79 Å². The van der Waals surface area contributed by atoms with Crippen molar-refractivity contribution >= 4 is 23.6 Å². The van der Waals surface area contributed by atoms with Gasteiger partial charge in [-0.1, -0.05) is 66.7 Å². The molecular formula is C24H23N3O4. The number of hydrogen-bond acceptors (Lipinski definition) is 4. The van der Waals surface area contributed by atoms with Crippen LogP contribution in [-0.4, -0.2) is 24.5 Å². The Kier molecular flexibility index (Phi) is 7.37. The van der Waals surface area contributed by atoms with Gasteiger partial charge >= 0.3 is 12.0 Å². The minimum atomic E-state index is -0.740. The van der Waals surface area contributed by atoms with Crippen molar-refractivity contribution in [3.8, 4) is 0 Å².